The van der Waals surface area contributed by atoms with Gasteiger partial charge in [0.2, 0.25) is 0 Å². The summed E-state index contributed by atoms with van der Waals surface area (Å²) in [5, 5.41) is 8.11. The summed E-state index contributed by atoms with van der Waals surface area (Å²) in [6.07, 6.45) is 1.06. The van der Waals surface area contributed by atoms with Crippen molar-refractivity contribution in [1.82, 2.24) is 5.32 Å². The van der Waals surface area contributed by atoms with Gasteiger partial charge in [-0.15, -0.1) is 11.3 Å². The van der Waals surface area contributed by atoms with E-state index in [1.807, 2.05) is 6.07 Å². The highest BCUT2D eigenvalue weighted by Gasteiger charge is 2.30. The van der Waals surface area contributed by atoms with Gasteiger partial charge < -0.3 is 5.32 Å². The summed E-state index contributed by atoms with van der Waals surface area (Å²) in [7, 11) is 0. The molecule has 1 N–H and O–H groups in total. The molecular weight excluding hydrogens is 302 g/mol. The minimum atomic E-state index is 0.541. The number of hydrogen-bond acceptors (Lipinski definition) is 4. The zero-order valence-corrected chi connectivity index (χ0v) is 14.0. The summed E-state index contributed by atoms with van der Waals surface area (Å²) < 4.78 is 0. The largest absolute Gasteiger partial charge is 0.313 e. The first kappa shape index (κ1) is 15.0. The Labute approximate surface area is 127 Å². The van der Waals surface area contributed by atoms with Gasteiger partial charge in [0.25, 0.3) is 0 Å². The van der Waals surface area contributed by atoms with Crippen LogP contribution in [0.3, 0.4) is 0 Å². The van der Waals surface area contributed by atoms with Crippen LogP contribution in [0, 0.1) is 0 Å². The predicted octanol–water partition coefficient (Wildman–Crippen LogP) is 4.16. The van der Waals surface area contributed by atoms with Crippen LogP contribution in [0.15, 0.2) is 11.4 Å². The van der Waals surface area contributed by atoms with Crippen molar-refractivity contribution in [2.24, 2.45) is 0 Å². The van der Waals surface area contributed by atoms with Gasteiger partial charge in [-0.2, -0.15) is 23.5 Å². The van der Waals surface area contributed by atoms with Crippen LogP contribution in [0.4, 0.5) is 0 Å². The van der Waals surface area contributed by atoms with Gasteiger partial charge in [0, 0.05) is 32.9 Å². The summed E-state index contributed by atoms with van der Waals surface area (Å²) in [6.45, 7) is 5.58. The minimum Gasteiger partial charge on any atom is -0.313 e. The third-order valence-corrected chi connectivity index (χ3v) is 7.86. The van der Waals surface area contributed by atoms with Gasteiger partial charge in [-0.1, -0.05) is 25.4 Å². The Morgan fingerprint density at radius 3 is 2.83 bits per heavy atom. The molecule has 1 aromatic heterocycles. The lowest BCUT2D eigenvalue weighted by atomic mass is 10.1. The molecule has 0 bridgehead atoms. The maximum Gasteiger partial charge on any atom is 0.0545 e. The number of thioether (sulfide) groups is 2. The van der Waals surface area contributed by atoms with Gasteiger partial charge in [-0.3, -0.25) is 0 Å². The average Bonchev–Trinajstić information content (AvgIpc) is 2.75. The first-order valence-corrected chi connectivity index (χ1v) is 9.76. The maximum absolute atomic E-state index is 6.23. The third kappa shape index (κ3) is 3.83. The van der Waals surface area contributed by atoms with Gasteiger partial charge in [-0.25, -0.2) is 0 Å². The summed E-state index contributed by atoms with van der Waals surface area (Å²) in [4.78, 5) is 1.32. The molecule has 18 heavy (non-hydrogen) atoms. The van der Waals surface area contributed by atoms with Crippen LogP contribution in [0.5, 0.6) is 0 Å². The van der Waals surface area contributed by atoms with E-state index in [9.17, 15) is 0 Å². The lowest BCUT2D eigenvalue weighted by Crippen LogP contribution is -2.45. The van der Waals surface area contributed by atoms with Crippen molar-refractivity contribution in [2.45, 2.75) is 36.8 Å². The van der Waals surface area contributed by atoms with Crippen molar-refractivity contribution in [3.63, 3.8) is 0 Å². The van der Waals surface area contributed by atoms with Crippen LogP contribution in [-0.4, -0.2) is 34.6 Å². The van der Waals surface area contributed by atoms with Crippen LogP contribution < -0.4 is 5.32 Å². The van der Waals surface area contributed by atoms with Gasteiger partial charge in [0.1, 0.15) is 0 Å². The number of likely N-dealkylation sites (N-methyl/N-ethyl adjacent to an activating group) is 1. The predicted molar refractivity (Wildman–Crippen MR) is 88.7 cm³/mol. The van der Waals surface area contributed by atoms with Crippen molar-refractivity contribution in [3.8, 4) is 0 Å². The molecule has 0 amide bonds. The van der Waals surface area contributed by atoms with E-state index in [0.717, 1.165) is 23.2 Å². The third-order valence-electron chi connectivity index (χ3n) is 3.20. The SMILES string of the molecule is CCNC(Cc1sccc1Cl)C1SCCSC1C. The monoisotopic (exact) mass is 321 g/mol. The lowest BCUT2D eigenvalue weighted by Gasteiger charge is -2.35. The summed E-state index contributed by atoms with van der Waals surface area (Å²) in [5.74, 6) is 2.57. The molecule has 1 saturated heterocycles. The van der Waals surface area contributed by atoms with Gasteiger partial charge in [0.05, 0.1) is 5.02 Å². The number of hydrogen-bond donors (Lipinski definition) is 1. The fraction of sp³-hybridized carbons (Fsp3) is 0.692. The van der Waals surface area contributed by atoms with Gasteiger partial charge in [-0.05, 0) is 24.4 Å². The molecule has 3 atom stereocenters. The van der Waals surface area contributed by atoms with Crippen molar-refractivity contribution in [1.29, 1.82) is 0 Å². The maximum atomic E-state index is 6.23. The van der Waals surface area contributed by atoms with Crippen LogP contribution >= 0.6 is 46.5 Å². The summed E-state index contributed by atoms with van der Waals surface area (Å²) >= 11 is 12.2. The zero-order valence-electron chi connectivity index (χ0n) is 10.8. The van der Waals surface area contributed by atoms with E-state index in [4.69, 9.17) is 11.6 Å². The number of nitrogens with one attached hydrogen (secondary N) is 1. The quantitative estimate of drug-likeness (QED) is 0.874. The fourth-order valence-electron chi connectivity index (χ4n) is 2.33. The molecule has 0 aromatic carbocycles. The summed E-state index contributed by atoms with van der Waals surface area (Å²) in [6, 6.07) is 2.55. The van der Waals surface area contributed by atoms with Crippen LogP contribution in [0.2, 0.25) is 5.02 Å². The van der Waals surface area contributed by atoms with E-state index in [1.54, 1.807) is 11.3 Å². The highest BCUT2D eigenvalue weighted by molar-refractivity contribution is 8.07. The van der Waals surface area contributed by atoms with E-state index >= 15 is 0 Å². The lowest BCUT2D eigenvalue weighted by molar-refractivity contribution is 0.503. The highest BCUT2D eigenvalue weighted by atomic mass is 35.5. The number of rotatable bonds is 5. The molecule has 0 radical (unpaired) electrons. The standard InChI is InChI=1S/C13H20ClNS3/c1-3-15-11(8-12-10(14)4-5-17-12)13-9(2)16-6-7-18-13/h4-5,9,11,13,15H,3,6-8H2,1-2H3. The van der Waals surface area contributed by atoms with Gasteiger partial charge >= 0.3 is 0 Å². The van der Waals surface area contributed by atoms with Crippen LogP contribution in [0.25, 0.3) is 0 Å². The molecule has 1 aliphatic heterocycles. The van der Waals surface area contributed by atoms with E-state index in [0.29, 0.717) is 11.3 Å². The summed E-state index contributed by atoms with van der Waals surface area (Å²) in [5.41, 5.74) is 0. The zero-order chi connectivity index (χ0) is 13.0. The normalized spacial score (nSPS) is 26.2. The first-order chi connectivity index (χ1) is 8.72. The topological polar surface area (TPSA) is 12.0 Å². The molecule has 1 aliphatic rings. The number of halogens is 1. The Hall–Kier alpha value is 0.650. The molecule has 1 aromatic rings. The molecule has 2 heterocycles. The minimum absolute atomic E-state index is 0.541. The molecule has 102 valence electrons. The van der Waals surface area contributed by atoms with Gasteiger partial charge in [0.15, 0.2) is 0 Å². The van der Waals surface area contributed by atoms with Crippen molar-refractivity contribution in [3.05, 3.63) is 21.3 Å². The van der Waals surface area contributed by atoms with Crippen LogP contribution in [0.1, 0.15) is 18.7 Å². The number of thiophene rings is 1. The second kappa shape index (κ2) is 7.44. The van der Waals surface area contributed by atoms with Crippen molar-refractivity contribution in [2.75, 3.05) is 18.1 Å². The van der Waals surface area contributed by atoms with Crippen molar-refractivity contribution >= 4 is 46.5 Å². The first-order valence-electron chi connectivity index (χ1n) is 6.40. The average molecular weight is 322 g/mol. The molecule has 5 heteroatoms. The fourth-order valence-corrected chi connectivity index (χ4v) is 6.46. The molecule has 1 fully saturated rings. The van der Waals surface area contributed by atoms with E-state index in [-0.39, 0.29) is 0 Å². The Balaban J connectivity index is 2.05. The van der Waals surface area contributed by atoms with E-state index in [2.05, 4.69) is 48.1 Å². The van der Waals surface area contributed by atoms with Crippen LogP contribution in [-0.2, 0) is 6.42 Å². The molecule has 0 spiro atoms. The smallest absolute Gasteiger partial charge is 0.0545 e. The van der Waals surface area contributed by atoms with Crippen molar-refractivity contribution < 1.29 is 0 Å². The molecule has 3 unspecified atom stereocenters. The highest BCUT2D eigenvalue weighted by Crippen LogP contribution is 2.35. The molecule has 0 aliphatic carbocycles. The molecular formula is C13H20ClNS3. The Morgan fingerprint density at radius 2 is 2.22 bits per heavy atom. The second-order valence-electron chi connectivity index (χ2n) is 4.47. The Bertz CT molecular complexity index is 369. The Kier molecular flexibility index (Phi) is 6.22. The van der Waals surface area contributed by atoms with E-state index in [1.165, 1.54) is 16.4 Å². The van der Waals surface area contributed by atoms with E-state index < -0.39 is 0 Å². The molecule has 1 nitrogen and oxygen atoms in total. The molecule has 0 saturated carbocycles. The second-order valence-corrected chi connectivity index (χ2v) is 8.65. The molecule has 2 rings (SSSR count). The Morgan fingerprint density at radius 1 is 1.44 bits per heavy atom.